The van der Waals surface area contributed by atoms with Gasteiger partial charge in [-0.25, -0.2) is 0 Å². The van der Waals surface area contributed by atoms with Crippen molar-refractivity contribution in [3.8, 4) is 5.75 Å². The number of hydrogen-bond donors (Lipinski definition) is 0. The lowest BCUT2D eigenvalue weighted by molar-refractivity contribution is -0.155. The Morgan fingerprint density at radius 1 is 1.16 bits per heavy atom. The first kappa shape index (κ1) is 19.7. The van der Waals surface area contributed by atoms with Gasteiger partial charge in [0.15, 0.2) is 8.32 Å². The molecule has 0 N–H and O–H groups in total. The molecule has 0 saturated carbocycles. The molecule has 25 heavy (non-hydrogen) atoms. The zero-order chi connectivity index (χ0) is 18.8. The lowest BCUT2D eigenvalue weighted by Crippen LogP contribution is -2.53. The third kappa shape index (κ3) is 4.49. The topological polar surface area (TPSA) is 55.8 Å². The first-order chi connectivity index (χ1) is 11.5. The Balaban J connectivity index is 2.12. The van der Waals surface area contributed by atoms with E-state index in [4.69, 9.17) is 9.16 Å². The van der Waals surface area contributed by atoms with Crippen LogP contribution < -0.4 is 4.74 Å². The van der Waals surface area contributed by atoms with Crippen LogP contribution in [0, 0.1) is 0 Å². The monoisotopic (exact) mass is 363 g/mol. The molecular formula is C19H29NO4Si. The minimum Gasteiger partial charge on any atom is -0.497 e. The first-order valence-electron chi connectivity index (χ1n) is 8.70. The Morgan fingerprint density at radius 3 is 2.28 bits per heavy atom. The van der Waals surface area contributed by atoms with E-state index < -0.39 is 14.4 Å². The van der Waals surface area contributed by atoms with Gasteiger partial charge in [-0.2, -0.15) is 0 Å². The molecule has 0 unspecified atom stereocenters. The maximum absolute atomic E-state index is 12.8. The summed E-state index contributed by atoms with van der Waals surface area (Å²) in [7, 11) is -0.459. The Bertz CT molecular complexity index is 634. The molecule has 1 heterocycles. The number of carbonyl (C=O) groups excluding carboxylic acids is 2. The SMILES string of the molecule is COc1ccc(CN2C(=O)CC[C@@H](O[Si](C)(C)C(C)(C)C)C2=O)cc1. The summed E-state index contributed by atoms with van der Waals surface area (Å²) < 4.78 is 11.4. The number of nitrogens with zero attached hydrogens (tertiary/aromatic N) is 1. The minimum absolute atomic E-state index is 0.0234. The van der Waals surface area contributed by atoms with Crippen molar-refractivity contribution in [3.05, 3.63) is 29.8 Å². The Morgan fingerprint density at radius 2 is 1.76 bits per heavy atom. The van der Waals surface area contributed by atoms with Gasteiger partial charge in [0.05, 0.1) is 13.7 Å². The van der Waals surface area contributed by atoms with Crippen LogP contribution in [0.5, 0.6) is 5.75 Å². The molecule has 1 aromatic carbocycles. The Kier molecular flexibility index (Phi) is 5.74. The van der Waals surface area contributed by atoms with Crippen LogP contribution in [-0.4, -0.2) is 38.2 Å². The van der Waals surface area contributed by atoms with Crippen LogP contribution >= 0.6 is 0 Å². The van der Waals surface area contributed by atoms with E-state index in [2.05, 4.69) is 33.9 Å². The van der Waals surface area contributed by atoms with Crippen LogP contribution in [0.3, 0.4) is 0 Å². The van der Waals surface area contributed by atoms with Gasteiger partial charge >= 0.3 is 0 Å². The summed E-state index contributed by atoms with van der Waals surface area (Å²) in [5.74, 6) is 0.409. The van der Waals surface area contributed by atoms with Crippen molar-refractivity contribution in [2.45, 2.75) is 64.4 Å². The van der Waals surface area contributed by atoms with Crippen LogP contribution in [0.2, 0.25) is 18.1 Å². The summed E-state index contributed by atoms with van der Waals surface area (Å²) in [5, 5.41) is 0.0234. The van der Waals surface area contributed by atoms with Crippen LogP contribution in [0.4, 0.5) is 0 Å². The van der Waals surface area contributed by atoms with E-state index in [9.17, 15) is 9.59 Å². The highest BCUT2D eigenvalue weighted by molar-refractivity contribution is 6.74. The second kappa shape index (κ2) is 7.29. The number of imide groups is 1. The average molecular weight is 364 g/mol. The molecule has 1 aliphatic heterocycles. The molecule has 0 bridgehead atoms. The van der Waals surface area contributed by atoms with E-state index in [0.717, 1.165) is 11.3 Å². The molecule has 1 fully saturated rings. The number of rotatable bonds is 5. The van der Waals surface area contributed by atoms with Crippen molar-refractivity contribution >= 4 is 20.1 Å². The average Bonchev–Trinajstić information content (AvgIpc) is 2.53. The molecule has 0 spiro atoms. The van der Waals surface area contributed by atoms with Gasteiger partial charge in [-0.15, -0.1) is 0 Å². The fourth-order valence-electron chi connectivity index (χ4n) is 2.53. The number of hydrogen-bond acceptors (Lipinski definition) is 4. The molecular weight excluding hydrogens is 334 g/mol. The number of carbonyl (C=O) groups is 2. The highest BCUT2D eigenvalue weighted by Gasteiger charge is 2.43. The van der Waals surface area contributed by atoms with E-state index in [1.165, 1.54) is 4.90 Å². The molecule has 0 aliphatic carbocycles. The molecule has 2 rings (SSSR count). The highest BCUT2D eigenvalue weighted by atomic mass is 28.4. The number of benzene rings is 1. The van der Waals surface area contributed by atoms with E-state index in [-0.39, 0.29) is 23.4 Å². The fourth-order valence-corrected chi connectivity index (χ4v) is 3.81. The number of likely N-dealkylation sites (tertiary alicyclic amines) is 1. The predicted molar refractivity (Wildman–Crippen MR) is 99.9 cm³/mol. The lowest BCUT2D eigenvalue weighted by Gasteiger charge is -2.41. The summed E-state index contributed by atoms with van der Waals surface area (Å²) in [5.41, 5.74) is 0.899. The summed E-state index contributed by atoms with van der Waals surface area (Å²) in [6, 6.07) is 7.41. The smallest absolute Gasteiger partial charge is 0.257 e. The largest absolute Gasteiger partial charge is 0.497 e. The maximum atomic E-state index is 12.8. The summed E-state index contributed by atoms with van der Waals surface area (Å²) in [6.07, 6.45) is 0.307. The summed E-state index contributed by atoms with van der Waals surface area (Å²) in [6.45, 7) is 11.0. The van der Waals surface area contributed by atoms with Crippen molar-refractivity contribution in [2.24, 2.45) is 0 Å². The van der Waals surface area contributed by atoms with Gasteiger partial charge in [0.25, 0.3) is 5.91 Å². The molecule has 2 amide bonds. The van der Waals surface area contributed by atoms with Gasteiger partial charge in [0.2, 0.25) is 5.91 Å². The number of piperidine rings is 1. The molecule has 1 atom stereocenters. The molecule has 0 aromatic heterocycles. The number of methoxy groups -OCH3 is 1. The van der Waals surface area contributed by atoms with Gasteiger partial charge in [0, 0.05) is 6.42 Å². The molecule has 1 aliphatic rings. The van der Waals surface area contributed by atoms with Crippen LogP contribution in [0.1, 0.15) is 39.2 Å². The first-order valence-corrected chi connectivity index (χ1v) is 11.6. The highest BCUT2D eigenvalue weighted by Crippen LogP contribution is 2.38. The van der Waals surface area contributed by atoms with E-state index >= 15 is 0 Å². The van der Waals surface area contributed by atoms with E-state index in [0.29, 0.717) is 12.8 Å². The normalized spacial score (nSPS) is 19.3. The molecule has 138 valence electrons. The van der Waals surface area contributed by atoms with Crippen LogP contribution in [0.25, 0.3) is 0 Å². The second-order valence-corrected chi connectivity index (χ2v) is 12.8. The van der Waals surface area contributed by atoms with Crippen molar-refractivity contribution in [3.63, 3.8) is 0 Å². The second-order valence-electron chi connectivity index (χ2n) is 8.07. The standard InChI is InChI=1S/C19H29NO4Si/c1-19(2,3)25(5,6)24-16-11-12-17(21)20(18(16)22)13-14-7-9-15(23-4)10-8-14/h7-10,16H,11-13H2,1-6H3/t16-/m1/s1. The molecule has 0 radical (unpaired) electrons. The third-order valence-corrected chi connectivity index (χ3v) is 9.69. The molecule has 5 nitrogen and oxygen atoms in total. The van der Waals surface area contributed by atoms with E-state index in [1.807, 2.05) is 24.3 Å². The van der Waals surface area contributed by atoms with Gasteiger partial charge in [-0.1, -0.05) is 32.9 Å². The van der Waals surface area contributed by atoms with Gasteiger partial charge in [-0.05, 0) is 42.2 Å². The molecule has 6 heteroatoms. The Labute approximate surface area is 151 Å². The van der Waals surface area contributed by atoms with Gasteiger partial charge < -0.3 is 9.16 Å². The van der Waals surface area contributed by atoms with Gasteiger partial charge in [0.1, 0.15) is 11.9 Å². The van der Waals surface area contributed by atoms with Crippen molar-refractivity contribution < 1.29 is 18.8 Å². The van der Waals surface area contributed by atoms with Gasteiger partial charge in [-0.3, -0.25) is 14.5 Å². The van der Waals surface area contributed by atoms with Crippen LogP contribution in [0.15, 0.2) is 24.3 Å². The number of amides is 2. The molecule has 1 aromatic rings. The zero-order valence-corrected chi connectivity index (χ0v) is 17.1. The van der Waals surface area contributed by atoms with Crippen LogP contribution in [-0.2, 0) is 20.6 Å². The fraction of sp³-hybridized carbons (Fsp3) is 0.579. The minimum atomic E-state index is -2.07. The third-order valence-electron chi connectivity index (χ3n) is 5.21. The quantitative estimate of drug-likeness (QED) is 0.591. The summed E-state index contributed by atoms with van der Waals surface area (Å²) in [4.78, 5) is 26.5. The Hall–Kier alpha value is -1.66. The zero-order valence-electron chi connectivity index (χ0n) is 16.1. The summed E-state index contributed by atoms with van der Waals surface area (Å²) >= 11 is 0. The predicted octanol–water partition coefficient (Wildman–Crippen LogP) is 3.73. The van der Waals surface area contributed by atoms with E-state index in [1.54, 1.807) is 7.11 Å². The van der Waals surface area contributed by atoms with Crippen molar-refractivity contribution in [1.29, 1.82) is 0 Å². The lowest BCUT2D eigenvalue weighted by atomic mass is 10.1. The number of ether oxygens (including phenoxy) is 1. The van der Waals surface area contributed by atoms with Crippen molar-refractivity contribution in [2.75, 3.05) is 7.11 Å². The maximum Gasteiger partial charge on any atom is 0.257 e. The van der Waals surface area contributed by atoms with Crippen molar-refractivity contribution in [1.82, 2.24) is 4.90 Å². The molecule has 1 saturated heterocycles.